The number of thiocarbonyl (C=S) groups is 1. The van der Waals surface area contributed by atoms with E-state index in [-0.39, 0.29) is 11.9 Å². The zero-order valence-electron chi connectivity index (χ0n) is 15.6. The Labute approximate surface area is 168 Å². The Morgan fingerprint density at radius 1 is 1.30 bits per heavy atom. The van der Waals surface area contributed by atoms with E-state index in [1.807, 2.05) is 45.0 Å². The zero-order chi connectivity index (χ0) is 19.7. The van der Waals surface area contributed by atoms with Crippen molar-refractivity contribution >= 4 is 46.3 Å². The third kappa shape index (κ3) is 3.57. The maximum Gasteiger partial charge on any atom is 0.337 e. The highest BCUT2D eigenvalue weighted by Gasteiger charge is 2.30. The maximum atomic E-state index is 12.5. The number of likely N-dealkylation sites (N-methyl/N-ethyl adjacent to an activating group) is 1. The number of nitrogens with zero attached hydrogens (tertiary/aromatic N) is 2. The smallest absolute Gasteiger partial charge is 0.337 e. The molecule has 27 heavy (non-hydrogen) atoms. The number of ether oxygens (including phenoxy) is 1. The molecule has 1 aliphatic heterocycles. The molecule has 1 aliphatic rings. The molecule has 2 aromatic rings. The molecule has 1 aromatic carbocycles. The number of benzene rings is 1. The Balaban J connectivity index is 2.02. The van der Waals surface area contributed by atoms with Crippen molar-refractivity contribution in [3.8, 4) is 5.69 Å². The van der Waals surface area contributed by atoms with E-state index in [1.54, 1.807) is 17.0 Å². The van der Waals surface area contributed by atoms with Crippen molar-refractivity contribution < 1.29 is 14.3 Å². The fraction of sp³-hybridized carbons (Fsp3) is 0.250. The van der Waals surface area contributed by atoms with Crippen molar-refractivity contribution in [3.05, 3.63) is 57.8 Å². The van der Waals surface area contributed by atoms with Crippen molar-refractivity contribution in [2.75, 3.05) is 13.7 Å². The van der Waals surface area contributed by atoms with Crippen LogP contribution in [-0.2, 0) is 9.53 Å². The summed E-state index contributed by atoms with van der Waals surface area (Å²) >= 11 is 6.61. The minimum absolute atomic E-state index is 0.0509. The van der Waals surface area contributed by atoms with E-state index in [4.69, 9.17) is 17.0 Å². The van der Waals surface area contributed by atoms with Crippen molar-refractivity contribution in [1.82, 2.24) is 9.47 Å². The molecule has 1 aromatic heterocycles. The first kappa shape index (κ1) is 19.4. The monoisotopic (exact) mass is 400 g/mol. The number of hydrogen-bond acceptors (Lipinski definition) is 5. The van der Waals surface area contributed by atoms with E-state index < -0.39 is 0 Å². The van der Waals surface area contributed by atoms with Crippen LogP contribution in [0.15, 0.2) is 35.2 Å². The Kier molecular flexibility index (Phi) is 5.53. The van der Waals surface area contributed by atoms with Crippen LogP contribution in [0.1, 0.15) is 34.2 Å². The van der Waals surface area contributed by atoms with E-state index in [0.29, 0.717) is 21.3 Å². The number of methoxy groups -OCH3 is 1. The number of hydrogen-bond donors (Lipinski definition) is 0. The number of carbonyl (C=O) groups excluding carboxylic acids is 2. The summed E-state index contributed by atoms with van der Waals surface area (Å²) in [5.41, 5.74) is 4.30. The molecule has 140 valence electrons. The van der Waals surface area contributed by atoms with Crippen molar-refractivity contribution in [2.45, 2.75) is 20.8 Å². The third-order valence-electron chi connectivity index (χ3n) is 4.47. The molecule has 3 rings (SSSR count). The molecular weight excluding hydrogens is 380 g/mol. The topological polar surface area (TPSA) is 51.5 Å². The Bertz CT molecular complexity index is 976. The van der Waals surface area contributed by atoms with Crippen LogP contribution in [0.25, 0.3) is 11.8 Å². The van der Waals surface area contributed by atoms with Gasteiger partial charge in [0, 0.05) is 23.6 Å². The van der Waals surface area contributed by atoms with E-state index in [9.17, 15) is 9.59 Å². The Morgan fingerprint density at radius 3 is 2.67 bits per heavy atom. The standard InChI is InChI=1S/C20H20N2O3S2/c1-5-21-18(23)17(27-20(21)26)11-15-9-12(2)22(13(15)3)16-8-6-7-14(10-16)19(24)25-4/h6-11H,5H2,1-4H3/b17-11-. The Morgan fingerprint density at radius 2 is 2.04 bits per heavy atom. The predicted octanol–water partition coefficient (Wildman–Crippen LogP) is 4.10. The molecule has 0 radical (unpaired) electrons. The number of carbonyl (C=O) groups is 2. The maximum absolute atomic E-state index is 12.5. The van der Waals surface area contributed by atoms with Gasteiger partial charge in [0.1, 0.15) is 4.32 Å². The van der Waals surface area contributed by atoms with E-state index in [2.05, 4.69) is 4.57 Å². The SMILES string of the molecule is CCN1C(=O)/C(=C/c2cc(C)n(-c3cccc(C(=O)OC)c3)c2C)SC1=S. The first-order valence-electron chi connectivity index (χ1n) is 8.50. The summed E-state index contributed by atoms with van der Waals surface area (Å²) in [5, 5.41) is 0. The molecule has 1 saturated heterocycles. The van der Waals surface area contributed by atoms with Crippen molar-refractivity contribution in [3.63, 3.8) is 0 Å². The summed E-state index contributed by atoms with van der Waals surface area (Å²) < 4.78 is 7.45. The summed E-state index contributed by atoms with van der Waals surface area (Å²) in [5.74, 6) is -0.423. The third-order valence-corrected chi connectivity index (χ3v) is 5.85. The molecule has 0 unspecified atom stereocenters. The van der Waals surface area contributed by atoms with Gasteiger partial charge in [-0.25, -0.2) is 4.79 Å². The van der Waals surface area contributed by atoms with E-state index in [0.717, 1.165) is 22.6 Å². The van der Waals surface area contributed by atoms with Gasteiger partial charge in [0.05, 0.1) is 17.6 Å². The van der Waals surface area contributed by atoms with Gasteiger partial charge < -0.3 is 9.30 Å². The second-order valence-electron chi connectivity index (χ2n) is 6.13. The van der Waals surface area contributed by atoms with Gasteiger partial charge in [-0.3, -0.25) is 9.69 Å². The lowest BCUT2D eigenvalue weighted by molar-refractivity contribution is -0.121. The van der Waals surface area contributed by atoms with Crippen LogP contribution in [0.2, 0.25) is 0 Å². The summed E-state index contributed by atoms with van der Waals surface area (Å²) in [6.07, 6.45) is 1.89. The lowest BCUT2D eigenvalue weighted by Crippen LogP contribution is -2.27. The van der Waals surface area contributed by atoms with Crippen LogP contribution < -0.4 is 0 Å². The average molecular weight is 401 g/mol. The molecular formula is C20H20N2O3S2. The molecule has 0 atom stereocenters. The highest BCUT2D eigenvalue weighted by molar-refractivity contribution is 8.26. The quantitative estimate of drug-likeness (QED) is 0.439. The first-order chi connectivity index (χ1) is 12.9. The highest BCUT2D eigenvalue weighted by Crippen LogP contribution is 2.33. The number of aryl methyl sites for hydroxylation is 1. The molecule has 0 spiro atoms. The molecule has 0 N–H and O–H groups in total. The normalized spacial score (nSPS) is 15.7. The molecule has 5 nitrogen and oxygen atoms in total. The van der Waals surface area contributed by atoms with Crippen LogP contribution >= 0.6 is 24.0 Å². The van der Waals surface area contributed by atoms with Crippen LogP contribution in [0.5, 0.6) is 0 Å². The molecule has 7 heteroatoms. The van der Waals surface area contributed by atoms with Crippen molar-refractivity contribution in [1.29, 1.82) is 0 Å². The largest absolute Gasteiger partial charge is 0.465 e. The minimum Gasteiger partial charge on any atom is -0.465 e. The van der Waals surface area contributed by atoms with E-state index in [1.165, 1.54) is 18.9 Å². The highest BCUT2D eigenvalue weighted by atomic mass is 32.2. The molecule has 0 aliphatic carbocycles. The summed E-state index contributed by atoms with van der Waals surface area (Å²) in [6.45, 7) is 6.46. The molecule has 1 amide bonds. The Hall–Kier alpha value is -2.38. The van der Waals surface area contributed by atoms with Crippen LogP contribution in [0.3, 0.4) is 0 Å². The average Bonchev–Trinajstić information content (AvgIpc) is 3.09. The first-order valence-corrected chi connectivity index (χ1v) is 9.73. The molecule has 1 fully saturated rings. The predicted molar refractivity (Wildman–Crippen MR) is 112 cm³/mol. The van der Waals surface area contributed by atoms with Crippen LogP contribution in [0, 0.1) is 13.8 Å². The summed E-state index contributed by atoms with van der Waals surface area (Å²) in [6, 6.07) is 9.31. The van der Waals surface area contributed by atoms with Gasteiger partial charge in [0.2, 0.25) is 0 Å². The van der Waals surface area contributed by atoms with E-state index >= 15 is 0 Å². The van der Waals surface area contributed by atoms with Gasteiger partial charge >= 0.3 is 5.97 Å². The van der Waals surface area contributed by atoms with Gasteiger partial charge in [0.15, 0.2) is 0 Å². The number of amides is 1. The lowest BCUT2D eigenvalue weighted by atomic mass is 10.2. The lowest BCUT2D eigenvalue weighted by Gasteiger charge is -2.11. The van der Waals surface area contributed by atoms with Gasteiger partial charge in [-0.2, -0.15) is 0 Å². The van der Waals surface area contributed by atoms with Gasteiger partial charge in [-0.1, -0.05) is 30.0 Å². The zero-order valence-corrected chi connectivity index (χ0v) is 17.2. The van der Waals surface area contributed by atoms with Gasteiger partial charge in [0.25, 0.3) is 5.91 Å². The van der Waals surface area contributed by atoms with Crippen LogP contribution in [-0.4, -0.2) is 39.3 Å². The second-order valence-corrected chi connectivity index (χ2v) is 7.81. The fourth-order valence-corrected chi connectivity index (χ4v) is 4.51. The van der Waals surface area contributed by atoms with Crippen LogP contribution in [0.4, 0.5) is 0 Å². The van der Waals surface area contributed by atoms with Gasteiger partial charge in [-0.05, 0) is 56.7 Å². The molecule has 0 saturated carbocycles. The fourth-order valence-electron chi connectivity index (χ4n) is 3.13. The number of thioether (sulfide) groups is 1. The molecule has 2 heterocycles. The number of aromatic nitrogens is 1. The minimum atomic E-state index is -0.372. The van der Waals surface area contributed by atoms with Crippen molar-refractivity contribution in [2.24, 2.45) is 0 Å². The summed E-state index contributed by atoms with van der Waals surface area (Å²) in [7, 11) is 1.37. The second kappa shape index (κ2) is 7.70. The number of rotatable bonds is 4. The van der Waals surface area contributed by atoms with Gasteiger partial charge in [-0.15, -0.1) is 0 Å². The molecule has 0 bridgehead atoms. The summed E-state index contributed by atoms with van der Waals surface area (Å²) in [4.78, 5) is 26.5. The number of esters is 1.